The smallest absolute Gasteiger partial charge is 0.240 e. The van der Waals surface area contributed by atoms with Crippen molar-refractivity contribution in [3.05, 3.63) is 23.8 Å². The number of rotatable bonds is 4. The van der Waals surface area contributed by atoms with Gasteiger partial charge in [-0.3, -0.25) is 0 Å². The molecule has 106 valence electrons. The van der Waals surface area contributed by atoms with E-state index in [0.717, 1.165) is 37.3 Å². The fourth-order valence-corrected chi connectivity index (χ4v) is 3.16. The molecule has 0 unspecified atom stereocenters. The maximum atomic E-state index is 11.9. The number of hydrogen-bond donors (Lipinski definition) is 2. The summed E-state index contributed by atoms with van der Waals surface area (Å²) in [5.74, 6) is 0. The molecule has 1 fully saturated rings. The van der Waals surface area contributed by atoms with Gasteiger partial charge in [-0.25, -0.2) is 13.1 Å². The normalized spacial score (nSPS) is 17.4. The minimum Gasteiger partial charge on any atom is -0.382 e. The number of sulfonamides is 1. The molecule has 1 heterocycles. The molecule has 5 nitrogen and oxygen atoms in total. The molecule has 19 heavy (non-hydrogen) atoms. The highest BCUT2D eigenvalue weighted by atomic mass is 32.2. The van der Waals surface area contributed by atoms with Crippen LogP contribution in [0.2, 0.25) is 0 Å². The van der Waals surface area contributed by atoms with Gasteiger partial charge in [-0.15, -0.1) is 0 Å². The zero-order chi connectivity index (χ0) is 13.9. The zero-order valence-electron chi connectivity index (χ0n) is 11.3. The van der Waals surface area contributed by atoms with Crippen LogP contribution in [0.15, 0.2) is 23.1 Å². The topological polar surface area (TPSA) is 67.4 Å². The van der Waals surface area contributed by atoms with Crippen molar-refractivity contribution in [2.45, 2.75) is 30.7 Å². The molecule has 0 spiro atoms. The third-order valence-electron chi connectivity index (χ3n) is 3.34. The Labute approximate surface area is 114 Å². The molecule has 0 amide bonds. The van der Waals surface area contributed by atoms with Gasteiger partial charge in [-0.1, -0.05) is 6.07 Å². The molecule has 0 bridgehead atoms. The van der Waals surface area contributed by atoms with Crippen molar-refractivity contribution in [1.82, 2.24) is 4.72 Å². The molecule has 1 saturated heterocycles. The summed E-state index contributed by atoms with van der Waals surface area (Å²) in [4.78, 5) is 0.326. The van der Waals surface area contributed by atoms with Crippen molar-refractivity contribution in [2.24, 2.45) is 0 Å². The van der Waals surface area contributed by atoms with E-state index in [2.05, 4.69) is 10.0 Å². The van der Waals surface area contributed by atoms with Gasteiger partial charge in [0.2, 0.25) is 10.0 Å². The molecule has 0 aromatic heterocycles. The number of nitrogens with one attached hydrogen (secondary N) is 2. The highest BCUT2D eigenvalue weighted by Crippen LogP contribution is 2.22. The van der Waals surface area contributed by atoms with Crippen molar-refractivity contribution in [3.8, 4) is 0 Å². The number of hydrogen-bond acceptors (Lipinski definition) is 4. The van der Waals surface area contributed by atoms with Crippen LogP contribution in [-0.4, -0.2) is 34.7 Å². The quantitative estimate of drug-likeness (QED) is 0.879. The van der Waals surface area contributed by atoms with Crippen LogP contribution < -0.4 is 10.0 Å². The number of benzene rings is 1. The summed E-state index contributed by atoms with van der Waals surface area (Å²) in [7, 11) is -1.98. The van der Waals surface area contributed by atoms with Crippen LogP contribution in [0.25, 0.3) is 0 Å². The molecular formula is C13H20N2O3S. The summed E-state index contributed by atoms with van der Waals surface area (Å²) in [5, 5.41) is 3.37. The van der Waals surface area contributed by atoms with E-state index < -0.39 is 10.0 Å². The van der Waals surface area contributed by atoms with E-state index in [1.54, 1.807) is 13.0 Å². The molecule has 2 N–H and O–H groups in total. The Morgan fingerprint density at radius 3 is 2.58 bits per heavy atom. The summed E-state index contributed by atoms with van der Waals surface area (Å²) in [6.07, 6.45) is 1.89. The zero-order valence-corrected chi connectivity index (χ0v) is 12.1. The fraction of sp³-hybridized carbons (Fsp3) is 0.538. The van der Waals surface area contributed by atoms with Gasteiger partial charge in [-0.2, -0.15) is 0 Å². The van der Waals surface area contributed by atoms with Crippen LogP contribution >= 0.6 is 0 Å². The first kappa shape index (κ1) is 14.3. The lowest BCUT2D eigenvalue weighted by Crippen LogP contribution is -2.28. The van der Waals surface area contributed by atoms with E-state index in [4.69, 9.17) is 4.74 Å². The van der Waals surface area contributed by atoms with Crippen molar-refractivity contribution in [1.29, 1.82) is 0 Å². The van der Waals surface area contributed by atoms with Gasteiger partial charge in [-0.05, 0) is 44.5 Å². The predicted molar refractivity (Wildman–Crippen MR) is 74.9 cm³/mol. The Morgan fingerprint density at radius 2 is 1.95 bits per heavy atom. The van der Waals surface area contributed by atoms with Gasteiger partial charge in [0.15, 0.2) is 0 Å². The molecule has 0 atom stereocenters. The molecule has 6 heteroatoms. The average molecular weight is 284 g/mol. The fourth-order valence-electron chi connectivity index (χ4n) is 2.17. The van der Waals surface area contributed by atoms with E-state index in [0.29, 0.717) is 10.9 Å². The van der Waals surface area contributed by atoms with Gasteiger partial charge >= 0.3 is 0 Å². The summed E-state index contributed by atoms with van der Waals surface area (Å²) in [6, 6.07) is 5.78. The molecule has 0 radical (unpaired) electrons. The highest BCUT2D eigenvalue weighted by molar-refractivity contribution is 7.89. The van der Waals surface area contributed by atoms with Gasteiger partial charge in [0.05, 0.1) is 4.90 Å². The van der Waals surface area contributed by atoms with Crippen LogP contribution in [-0.2, 0) is 14.8 Å². The minimum absolute atomic E-state index is 0.326. The number of anilines is 1. The van der Waals surface area contributed by atoms with Crippen molar-refractivity contribution in [3.63, 3.8) is 0 Å². The summed E-state index contributed by atoms with van der Waals surface area (Å²) in [5.41, 5.74) is 1.58. The van der Waals surface area contributed by atoms with E-state index in [1.165, 1.54) is 7.05 Å². The third-order valence-corrected chi connectivity index (χ3v) is 4.89. The van der Waals surface area contributed by atoms with E-state index in [1.807, 2.05) is 12.1 Å². The van der Waals surface area contributed by atoms with Crippen LogP contribution in [0.4, 0.5) is 5.69 Å². The van der Waals surface area contributed by atoms with Crippen LogP contribution in [0.3, 0.4) is 0 Å². The minimum atomic E-state index is -3.41. The lowest BCUT2D eigenvalue weighted by atomic mass is 10.1. The maximum Gasteiger partial charge on any atom is 0.240 e. The summed E-state index contributed by atoms with van der Waals surface area (Å²) in [6.45, 7) is 3.30. The molecular weight excluding hydrogens is 264 g/mol. The largest absolute Gasteiger partial charge is 0.382 e. The summed E-state index contributed by atoms with van der Waals surface area (Å²) < 4.78 is 31.5. The summed E-state index contributed by atoms with van der Waals surface area (Å²) >= 11 is 0. The molecule has 1 aromatic rings. The second kappa shape index (κ2) is 5.90. The monoisotopic (exact) mass is 284 g/mol. The Kier molecular flexibility index (Phi) is 4.44. The number of aryl methyl sites for hydroxylation is 1. The molecule has 1 aliphatic heterocycles. The Bertz CT molecular complexity index is 537. The van der Waals surface area contributed by atoms with Gasteiger partial charge < -0.3 is 10.1 Å². The second-order valence-corrected chi connectivity index (χ2v) is 6.57. The van der Waals surface area contributed by atoms with Crippen molar-refractivity contribution in [2.75, 3.05) is 25.6 Å². The van der Waals surface area contributed by atoms with Crippen LogP contribution in [0.5, 0.6) is 0 Å². The SMILES string of the molecule is CNS(=O)(=O)c1cc(NC2CCOCC2)ccc1C. The first-order valence-corrected chi connectivity index (χ1v) is 7.90. The highest BCUT2D eigenvalue weighted by Gasteiger charge is 2.17. The maximum absolute atomic E-state index is 11.9. The van der Waals surface area contributed by atoms with Crippen molar-refractivity contribution < 1.29 is 13.2 Å². The van der Waals surface area contributed by atoms with E-state index in [9.17, 15) is 8.42 Å². The average Bonchev–Trinajstić information content (AvgIpc) is 2.42. The van der Waals surface area contributed by atoms with Gasteiger partial charge in [0, 0.05) is 24.9 Å². The van der Waals surface area contributed by atoms with Crippen molar-refractivity contribution >= 4 is 15.7 Å². The molecule has 0 aliphatic carbocycles. The van der Waals surface area contributed by atoms with Gasteiger partial charge in [0.25, 0.3) is 0 Å². The first-order chi connectivity index (χ1) is 9.03. The van der Waals surface area contributed by atoms with E-state index in [-0.39, 0.29) is 0 Å². The Hall–Kier alpha value is -1.11. The first-order valence-electron chi connectivity index (χ1n) is 6.41. The molecule has 2 rings (SSSR count). The lowest BCUT2D eigenvalue weighted by molar-refractivity contribution is 0.0904. The van der Waals surface area contributed by atoms with Crippen LogP contribution in [0, 0.1) is 6.92 Å². The Morgan fingerprint density at radius 1 is 1.26 bits per heavy atom. The molecule has 1 aromatic carbocycles. The van der Waals surface area contributed by atoms with E-state index >= 15 is 0 Å². The second-order valence-electron chi connectivity index (χ2n) is 4.72. The lowest BCUT2D eigenvalue weighted by Gasteiger charge is -2.24. The number of ether oxygens (including phenoxy) is 1. The van der Waals surface area contributed by atoms with Crippen LogP contribution in [0.1, 0.15) is 18.4 Å². The standard InChI is InChI=1S/C13H20N2O3S/c1-10-3-4-12(9-13(10)19(16,17)14-2)15-11-5-7-18-8-6-11/h3-4,9,11,14-15H,5-8H2,1-2H3. The Balaban J connectivity index is 2.21. The van der Waals surface area contributed by atoms with Gasteiger partial charge in [0.1, 0.15) is 0 Å². The molecule has 1 aliphatic rings. The third kappa shape index (κ3) is 3.46. The predicted octanol–water partition coefficient (Wildman–Crippen LogP) is 1.49. The molecule has 0 saturated carbocycles.